The lowest BCUT2D eigenvalue weighted by molar-refractivity contribution is 0.0989. The molecule has 0 saturated carbocycles. The minimum absolute atomic E-state index is 0.0229. The zero-order valence-corrected chi connectivity index (χ0v) is 12.1. The smallest absolute Gasteiger partial charge is 0.313 e. The number of nitrogens with zero attached hydrogens (tertiary/aromatic N) is 2. The Morgan fingerprint density at radius 2 is 1.74 bits per heavy atom. The highest BCUT2D eigenvalue weighted by Gasteiger charge is 2.20. The van der Waals surface area contributed by atoms with E-state index in [-0.39, 0.29) is 5.89 Å². The first-order chi connectivity index (χ1) is 11.1. The fraction of sp³-hybridized carbons (Fsp3) is 0. The lowest BCUT2D eigenvalue weighted by Crippen LogP contribution is -2.14. The average Bonchev–Trinajstić information content (AvgIpc) is 3.01. The summed E-state index contributed by atoms with van der Waals surface area (Å²) < 4.78 is 32.2. The van der Waals surface area contributed by atoms with E-state index in [2.05, 4.69) is 15.5 Å². The molecule has 2 aromatic carbocycles. The van der Waals surface area contributed by atoms with Crippen molar-refractivity contribution in [1.82, 2.24) is 10.2 Å². The molecule has 3 rings (SSSR count). The van der Waals surface area contributed by atoms with Gasteiger partial charge in [0, 0.05) is 0 Å². The SMILES string of the molecule is O=C(Nc1c(F)cccc1F)c1nnc(-c2ccccc2Cl)o1. The maximum Gasteiger partial charge on any atom is 0.313 e. The van der Waals surface area contributed by atoms with Crippen LogP contribution in [0.4, 0.5) is 14.5 Å². The van der Waals surface area contributed by atoms with Crippen LogP contribution in [0.2, 0.25) is 5.02 Å². The third kappa shape index (κ3) is 3.04. The summed E-state index contributed by atoms with van der Waals surface area (Å²) in [7, 11) is 0. The van der Waals surface area contributed by atoms with E-state index in [1.807, 2.05) is 0 Å². The van der Waals surface area contributed by atoms with Crippen molar-refractivity contribution in [2.75, 3.05) is 5.32 Å². The van der Waals surface area contributed by atoms with Crippen LogP contribution in [0.15, 0.2) is 46.9 Å². The number of nitrogens with one attached hydrogen (secondary N) is 1. The zero-order chi connectivity index (χ0) is 16.4. The van der Waals surface area contributed by atoms with Crippen LogP contribution < -0.4 is 5.32 Å². The molecule has 0 spiro atoms. The molecule has 0 aliphatic rings. The molecule has 0 fully saturated rings. The third-order valence-electron chi connectivity index (χ3n) is 2.92. The number of aromatic nitrogens is 2. The molecule has 0 radical (unpaired) electrons. The van der Waals surface area contributed by atoms with E-state index >= 15 is 0 Å². The minimum atomic E-state index is -0.931. The van der Waals surface area contributed by atoms with E-state index in [1.54, 1.807) is 24.3 Å². The zero-order valence-electron chi connectivity index (χ0n) is 11.4. The van der Waals surface area contributed by atoms with Gasteiger partial charge in [0.2, 0.25) is 5.89 Å². The Kier molecular flexibility index (Phi) is 4.03. The monoisotopic (exact) mass is 335 g/mol. The molecule has 5 nitrogen and oxygen atoms in total. The second-order valence-electron chi connectivity index (χ2n) is 4.44. The van der Waals surface area contributed by atoms with Crippen molar-refractivity contribution in [3.05, 3.63) is 65.0 Å². The van der Waals surface area contributed by atoms with Crippen LogP contribution in [-0.4, -0.2) is 16.1 Å². The van der Waals surface area contributed by atoms with E-state index in [0.717, 1.165) is 12.1 Å². The summed E-state index contributed by atoms with van der Waals surface area (Å²) in [5.41, 5.74) is -0.146. The number of para-hydroxylation sites is 1. The van der Waals surface area contributed by atoms with Gasteiger partial charge in [-0.2, -0.15) is 0 Å². The molecule has 116 valence electrons. The fourth-order valence-electron chi connectivity index (χ4n) is 1.84. The Morgan fingerprint density at radius 1 is 1.04 bits per heavy atom. The summed E-state index contributed by atoms with van der Waals surface area (Å²) in [6, 6.07) is 9.90. The number of carbonyl (C=O) groups excluding carboxylic acids is 1. The van der Waals surface area contributed by atoms with Gasteiger partial charge < -0.3 is 9.73 Å². The summed E-state index contributed by atoms with van der Waals surface area (Å²) in [5.74, 6) is -3.18. The van der Waals surface area contributed by atoms with E-state index in [4.69, 9.17) is 16.0 Å². The minimum Gasteiger partial charge on any atom is -0.412 e. The number of benzene rings is 2. The number of carbonyl (C=O) groups is 1. The third-order valence-corrected chi connectivity index (χ3v) is 3.25. The number of rotatable bonds is 3. The van der Waals surface area contributed by atoms with E-state index in [9.17, 15) is 13.6 Å². The van der Waals surface area contributed by atoms with E-state index in [1.165, 1.54) is 6.07 Å². The number of hydrogen-bond acceptors (Lipinski definition) is 4. The van der Waals surface area contributed by atoms with Gasteiger partial charge in [-0.3, -0.25) is 4.79 Å². The normalized spacial score (nSPS) is 10.6. The van der Waals surface area contributed by atoms with Gasteiger partial charge in [0.05, 0.1) is 10.6 Å². The summed E-state index contributed by atoms with van der Waals surface area (Å²) in [4.78, 5) is 12.0. The summed E-state index contributed by atoms with van der Waals surface area (Å²) in [5, 5.41) is 9.68. The van der Waals surface area contributed by atoms with Gasteiger partial charge in [-0.25, -0.2) is 8.78 Å². The van der Waals surface area contributed by atoms with Gasteiger partial charge in [-0.1, -0.05) is 29.8 Å². The number of anilines is 1. The maximum atomic E-state index is 13.5. The standard InChI is InChI=1S/C15H8ClF2N3O2/c16-9-5-2-1-4-8(9)14-20-21-15(23-14)13(22)19-12-10(17)6-3-7-11(12)18/h1-7H,(H,19,22). The first-order valence-corrected chi connectivity index (χ1v) is 6.78. The summed E-state index contributed by atoms with van der Waals surface area (Å²) >= 11 is 5.99. The van der Waals surface area contributed by atoms with Gasteiger partial charge in [0.25, 0.3) is 0 Å². The van der Waals surface area contributed by atoms with Crippen molar-refractivity contribution in [2.24, 2.45) is 0 Å². The molecule has 1 N–H and O–H groups in total. The van der Waals surface area contributed by atoms with Crippen LogP contribution in [0.1, 0.15) is 10.7 Å². The van der Waals surface area contributed by atoms with Gasteiger partial charge >= 0.3 is 11.8 Å². The first-order valence-electron chi connectivity index (χ1n) is 6.40. The van der Waals surface area contributed by atoms with Crippen molar-refractivity contribution in [3.8, 4) is 11.5 Å². The van der Waals surface area contributed by atoms with Gasteiger partial charge in [-0.15, -0.1) is 10.2 Å². The lowest BCUT2D eigenvalue weighted by Gasteiger charge is -2.04. The van der Waals surface area contributed by atoms with Crippen molar-refractivity contribution < 1.29 is 18.0 Å². The lowest BCUT2D eigenvalue weighted by atomic mass is 10.2. The van der Waals surface area contributed by atoms with Gasteiger partial charge in [-0.05, 0) is 24.3 Å². The van der Waals surface area contributed by atoms with Crippen molar-refractivity contribution in [3.63, 3.8) is 0 Å². The van der Waals surface area contributed by atoms with Crippen molar-refractivity contribution in [2.45, 2.75) is 0 Å². The molecule has 1 heterocycles. The molecule has 23 heavy (non-hydrogen) atoms. The fourth-order valence-corrected chi connectivity index (χ4v) is 2.06. The highest BCUT2D eigenvalue weighted by Crippen LogP contribution is 2.26. The molecule has 1 aromatic heterocycles. The molecular weight excluding hydrogens is 328 g/mol. The summed E-state index contributed by atoms with van der Waals surface area (Å²) in [6.45, 7) is 0. The molecular formula is C15H8ClF2N3O2. The summed E-state index contributed by atoms with van der Waals surface area (Å²) in [6.07, 6.45) is 0. The average molecular weight is 336 g/mol. The molecule has 0 saturated heterocycles. The second-order valence-corrected chi connectivity index (χ2v) is 4.85. The molecule has 0 bridgehead atoms. The number of halogens is 3. The Bertz CT molecular complexity index is 862. The first kappa shape index (κ1) is 15.1. The van der Waals surface area contributed by atoms with E-state index in [0.29, 0.717) is 10.6 Å². The number of hydrogen-bond donors (Lipinski definition) is 1. The van der Waals surface area contributed by atoms with Crippen LogP contribution >= 0.6 is 11.6 Å². The Balaban J connectivity index is 1.86. The molecule has 3 aromatic rings. The molecule has 0 atom stereocenters. The van der Waals surface area contributed by atoms with Crippen molar-refractivity contribution >= 4 is 23.2 Å². The van der Waals surface area contributed by atoms with Gasteiger partial charge in [0.1, 0.15) is 17.3 Å². The highest BCUT2D eigenvalue weighted by atomic mass is 35.5. The van der Waals surface area contributed by atoms with Crippen molar-refractivity contribution in [1.29, 1.82) is 0 Å². The predicted molar refractivity (Wildman–Crippen MR) is 79.1 cm³/mol. The Labute approximate surface area is 133 Å². The quantitative estimate of drug-likeness (QED) is 0.787. The Hall–Kier alpha value is -2.80. The molecule has 8 heteroatoms. The van der Waals surface area contributed by atoms with E-state index < -0.39 is 29.1 Å². The number of amides is 1. The predicted octanol–water partition coefficient (Wildman–Crippen LogP) is 3.92. The highest BCUT2D eigenvalue weighted by molar-refractivity contribution is 6.33. The maximum absolute atomic E-state index is 13.5. The second kappa shape index (κ2) is 6.13. The van der Waals surface area contributed by atoms with Crippen LogP contribution in [0.5, 0.6) is 0 Å². The van der Waals surface area contributed by atoms with Gasteiger partial charge in [0.15, 0.2) is 0 Å². The topological polar surface area (TPSA) is 68.0 Å². The Morgan fingerprint density at radius 3 is 2.43 bits per heavy atom. The molecule has 1 amide bonds. The van der Waals surface area contributed by atoms with Crippen LogP contribution in [0, 0.1) is 11.6 Å². The van der Waals surface area contributed by atoms with Crippen LogP contribution in [0.3, 0.4) is 0 Å². The van der Waals surface area contributed by atoms with Crippen LogP contribution in [0.25, 0.3) is 11.5 Å². The molecule has 0 aliphatic carbocycles. The van der Waals surface area contributed by atoms with Crippen LogP contribution in [-0.2, 0) is 0 Å². The molecule has 0 unspecified atom stereocenters. The molecule has 0 aliphatic heterocycles. The largest absolute Gasteiger partial charge is 0.412 e.